The minimum absolute atomic E-state index is 0.0338. The standard InChI is InChI=1S/C19H20N2O2/c1-13-7-6-8-15(11-13)12-16-14(2)20-21(19(16)22)17-9-4-5-10-18(17)23-3/h4-11,20H,12H2,1-3H3. The highest BCUT2D eigenvalue weighted by molar-refractivity contribution is 5.46. The van der Waals surface area contributed by atoms with Crippen LogP contribution in [0.15, 0.2) is 53.3 Å². The fourth-order valence-electron chi connectivity index (χ4n) is 2.80. The number of H-pyrrole nitrogens is 1. The predicted molar refractivity (Wildman–Crippen MR) is 91.7 cm³/mol. The van der Waals surface area contributed by atoms with Gasteiger partial charge in [0.1, 0.15) is 11.4 Å². The number of aromatic nitrogens is 2. The van der Waals surface area contributed by atoms with Gasteiger partial charge in [0, 0.05) is 17.7 Å². The Hall–Kier alpha value is -2.75. The van der Waals surface area contributed by atoms with Crippen LogP contribution < -0.4 is 10.3 Å². The fourth-order valence-corrected chi connectivity index (χ4v) is 2.80. The molecule has 0 aliphatic heterocycles. The molecule has 0 saturated heterocycles. The molecule has 118 valence electrons. The summed E-state index contributed by atoms with van der Waals surface area (Å²) in [5.41, 5.74) is 4.67. The average Bonchev–Trinajstić information content (AvgIpc) is 2.83. The maximum atomic E-state index is 12.8. The lowest BCUT2D eigenvalue weighted by Crippen LogP contribution is -2.18. The lowest BCUT2D eigenvalue weighted by molar-refractivity contribution is 0.411. The summed E-state index contributed by atoms with van der Waals surface area (Å²) in [6, 6.07) is 15.7. The van der Waals surface area contributed by atoms with E-state index in [2.05, 4.69) is 24.2 Å². The highest BCUT2D eigenvalue weighted by Gasteiger charge is 2.15. The van der Waals surface area contributed by atoms with Crippen molar-refractivity contribution in [3.05, 3.63) is 81.3 Å². The van der Waals surface area contributed by atoms with Gasteiger partial charge >= 0.3 is 0 Å². The Morgan fingerprint density at radius 2 is 1.87 bits per heavy atom. The number of rotatable bonds is 4. The molecular formula is C19H20N2O2. The van der Waals surface area contributed by atoms with E-state index in [9.17, 15) is 4.79 Å². The van der Waals surface area contributed by atoms with Gasteiger partial charge in [-0.1, -0.05) is 42.0 Å². The summed E-state index contributed by atoms with van der Waals surface area (Å²) in [5.74, 6) is 0.665. The Bertz CT molecular complexity index is 890. The van der Waals surface area contributed by atoms with Crippen molar-refractivity contribution in [1.29, 1.82) is 0 Å². The third-order valence-electron chi connectivity index (χ3n) is 3.98. The van der Waals surface area contributed by atoms with Crippen LogP contribution in [0.5, 0.6) is 5.75 Å². The van der Waals surface area contributed by atoms with E-state index in [1.807, 2.05) is 43.3 Å². The Morgan fingerprint density at radius 3 is 2.61 bits per heavy atom. The van der Waals surface area contributed by atoms with E-state index < -0.39 is 0 Å². The fraction of sp³-hybridized carbons (Fsp3) is 0.211. The van der Waals surface area contributed by atoms with Crippen LogP contribution in [0, 0.1) is 13.8 Å². The molecule has 4 heteroatoms. The number of aromatic amines is 1. The van der Waals surface area contributed by atoms with E-state index in [-0.39, 0.29) is 5.56 Å². The minimum Gasteiger partial charge on any atom is -0.494 e. The number of hydrogen-bond donors (Lipinski definition) is 1. The summed E-state index contributed by atoms with van der Waals surface area (Å²) in [6.07, 6.45) is 0.616. The van der Waals surface area contributed by atoms with E-state index in [0.717, 1.165) is 22.5 Å². The quantitative estimate of drug-likeness (QED) is 0.803. The first-order valence-electron chi connectivity index (χ1n) is 7.59. The summed E-state index contributed by atoms with van der Waals surface area (Å²) in [7, 11) is 1.60. The number of benzene rings is 2. The molecule has 0 aliphatic rings. The zero-order valence-electron chi connectivity index (χ0n) is 13.6. The van der Waals surface area contributed by atoms with Crippen LogP contribution in [0.3, 0.4) is 0 Å². The molecule has 0 atom stereocenters. The topological polar surface area (TPSA) is 47.0 Å². The molecule has 0 spiro atoms. The molecule has 0 amide bonds. The summed E-state index contributed by atoms with van der Waals surface area (Å²) in [5, 5.41) is 3.16. The number of aryl methyl sites for hydroxylation is 2. The van der Waals surface area contributed by atoms with Gasteiger partial charge in [0.15, 0.2) is 0 Å². The SMILES string of the molecule is COc1ccccc1-n1[nH]c(C)c(Cc2cccc(C)c2)c1=O. The summed E-state index contributed by atoms with van der Waals surface area (Å²) >= 11 is 0. The largest absolute Gasteiger partial charge is 0.494 e. The van der Waals surface area contributed by atoms with Gasteiger partial charge in [0.25, 0.3) is 5.56 Å². The Labute approximate surface area is 135 Å². The summed E-state index contributed by atoms with van der Waals surface area (Å²) in [6.45, 7) is 3.99. The third kappa shape index (κ3) is 2.93. The molecule has 1 aromatic heterocycles. The van der Waals surface area contributed by atoms with Gasteiger partial charge in [-0.05, 0) is 31.5 Å². The van der Waals surface area contributed by atoms with Crippen molar-refractivity contribution in [2.24, 2.45) is 0 Å². The van der Waals surface area contributed by atoms with E-state index >= 15 is 0 Å². The smallest absolute Gasteiger partial charge is 0.275 e. The number of para-hydroxylation sites is 2. The van der Waals surface area contributed by atoms with Gasteiger partial charge in [-0.15, -0.1) is 0 Å². The molecule has 0 fully saturated rings. The first-order valence-corrected chi connectivity index (χ1v) is 7.59. The first-order chi connectivity index (χ1) is 11.1. The van der Waals surface area contributed by atoms with E-state index in [1.165, 1.54) is 5.56 Å². The van der Waals surface area contributed by atoms with Crippen LogP contribution in [-0.4, -0.2) is 16.9 Å². The van der Waals surface area contributed by atoms with Crippen LogP contribution in [0.2, 0.25) is 0 Å². The highest BCUT2D eigenvalue weighted by atomic mass is 16.5. The third-order valence-corrected chi connectivity index (χ3v) is 3.98. The van der Waals surface area contributed by atoms with Crippen LogP contribution >= 0.6 is 0 Å². The van der Waals surface area contributed by atoms with Gasteiger partial charge in [0.05, 0.1) is 7.11 Å². The van der Waals surface area contributed by atoms with E-state index in [1.54, 1.807) is 11.8 Å². The monoisotopic (exact) mass is 308 g/mol. The average molecular weight is 308 g/mol. The lowest BCUT2D eigenvalue weighted by atomic mass is 10.0. The van der Waals surface area contributed by atoms with Gasteiger partial charge in [-0.25, -0.2) is 4.68 Å². The predicted octanol–water partition coefficient (Wildman–Crippen LogP) is 3.38. The lowest BCUT2D eigenvalue weighted by Gasteiger charge is -2.07. The van der Waals surface area contributed by atoms with Crippen molar-refractivity contribution < 1.29 is 4.74 Å². The molecule has 4 nitrogen and oxygen atoms in total. The molecule has 0 aliphatic carbocycles. The molecule has 2 aromatic carbocycles. The molecule has 1 N–H and O–H groups in total. The second kappa shape index (κ2) is 6.16. The number of nitrogens with one attached hydrogen (secondary N) is 1. The highest BCUT2D eigenvalue weighted by Crippen LogP contribution is 2.21. The zero-order chi connectivity index (χ0) is 16.4. The molecule has 0 radical (unpaired) electrons. The van der Waals surface area contributed by atoms with Crippen molar-refractivity contribution >= 4 is 0 Å². The van der Waals surface area contributed by atoms with Gasteiger partial charge in [-0.2, -0.15) is 0 Å². The number of hydrogen-bond acceptors (Lipinski definition) is 2. The van der Waals surface area contributed by atoms with Crippen molar-refractivity contribution in [1.82, 2.24) is 9.78 Å². The Balaban J connectivity index is 2.05. The number of ether oxygens (including phenoxy) is 1. The van der Waals surface area contributed by atoms with Crippen LogP contribution in [0.25, 0.3) is 5.69 Å². The van der Waals surface area contributed by atoms with Crippen molar-refractivity contribution in [2.75, 3.05) is 7.11 Å². The van der Waals surface area contributed by atoms with Gasteiger partial charge in [0.2, 0.25) is 0 Å². The maximum absolute atomic E-state index is 12.8. The normalized spacial score (nSPS) is 10.7. The molecule has 23 heavy (non-hydrogen) atoms. The minimum atomic E-state index is -0.0338. The molecule has 0 saturated carbocycles. The van der Waals surface area contributed by atoms with Crippen LogP contribution in [-0.2, 0) is 6.42 Å². The first kappa shape index (κ1) is 15.2. The zero-order valence-corrected chi connectivity index (χ0v) is 13.6. The number of methoxy groups -OCH3 is 1. The Morgan fingerprint density at radius 1 is 1.09 bits per heavy atom. The molecule has 3 rings (SSSR count). The number of nitrogens with zero attached hydrogens (tertiary/aromatic N) is 1. The molecule has 1 heterocycles. The molecule has 0 bridgehead atoms. The van der Waals surface area contributed by atoms with Crippen molar-refractivity contribution in [3.63, 3.8) is 0 Å². The maximum Gasteiger partial charge on any atom is 0.275 e. The van der Waals surface area contributed by atoms with Crippen molar-refractivity contribution in [2.45, 2.75) is 20.3 Å². The van der Waals surface area contributed by atoms with Crippen LogP contribution in [0.4, 0.5) is 0 Å². The van der Waals surface area contributed by atoms with Crippen LogP contribution in [0.1, 0.15) is 22.4 Å². The van der Waals surface area contributed by atoms with E-state index in [0.29, 0.717) is 12.2 Å². The Kier molecular flexibility index (Phi) is 4.06. The summed E-state index contributed by atoms with van der Waals surface area (Å²) < 4.78 is 6.91. The van der Waals surface area contributed by atoms with Gasteiger partial charge < -0.3 is 4.74 Å². The second-order valence-corrected chi connectivity index (χ2v) is 5.69. The van der Waals surface area contributed by atoms with Gasteiger partial charge in [-0.3, -0.25) is 9.89 Å². The second-order valence-electron chi connectivity index (χ2n) is 5.69. The van der Waals surface area contributed by atoms with Crippen molar-refractivity contribution in [3.8, 4) is 11.4 Å². The summed E-state index contributed by atoms with van der Waals surface area (Å²) in [4.78, 5) is 12.8. The molecular weight excluding hydrogens is 288 g/mol. The van der Waals surface area contributed by atoms with E-state index in [4.69, 9.17) is 4.74 Å². The molecule has 0 unspecified atom stereocenters. The molecule has 3 aromatic rings.